The van der Waals surface area contributed by atoms with Gasteiger partial charge in [0.05, 0.1) is 17.7 Å². The van der Waals surface area contributed by atoms with Crippen molar-refractivity contribution in [3.8, 4) is 17.0 Å². The number of nitrogens with zero attached hydrogens (tertiary/aromatic N) is 3. The first-order valence-corrected chi connectivity index (χ1v) is 9.79. The highest BCUT2D eigenvalue weighted by molar-refractivity contribution is 5.90. The summed E-state index contributed by atoms with van der Waals surface area (Å²) in [6.07, 6.45) is 0. The lowest BCUT2D eigenvalue weighted by atomic mass is 10.00. The molecule has 0 spiro atoms. The first-order chi connectivity index (χ1) is 15.4. The maximum absolute atomic E-state index is 11.4. The number of hydrogen-bond acceptors (Lipinski definition) is 7. The van der Waals surface area contributed by atoms with E-state index in [1.807, 2.05) is 49.4 Å². The Bertz CT molecular complexity index is 1370. The number of rotatable bonds is 6. The molecule has 1 aromatic heterocycles. The third kappa shape index (κ3) is 3.93. The van der Waals surface area contributed by atoms with E-state index in [0.717, 1.165) is 16.5 Å². The lowest BCUT2D eigenvalue weighted by Gasteiger charge is -2.17. The molecule has 0 atom stereocenters. The topological polar surface area (TPSA) is 116 Å². The van der Waals surface area contributed by atoms with Crippen LogP contribution in [0.2, 0.25) is 0 Å². The van der Waals surface area contributed by atoms with Crippen molar-refractivity contribution in [2.24, 2.45) is 0 Å². The zero-order chi connectivity index (χ0) is 22.8. The minimum absolute atomic E-state index is 0.0156. The minimum atomic E-state index is -0.470. The van der Waals surface area contributed by atoms with Gasteiger partial charge < -0.3 is 15.8 Å². The van der Waals surface area contributed by atoms with Crippen molar-refractivity contribution in [3.05, 3.63) is 82.9 Å². The van der Waals surface area contributed by atoms with Crippen molar-refractivity contribution < 1.29 is 9.66 Å². The highest BCUT2D eigenvalue weighted by Crippen LogP contribution is 2.39. The molecule has 0 fully saturated rings. The molecular weight excluding hydrogens is 406 g/mol. The number of hydrogen-bond donors (Lipinski definition) is 2. The van der Waals surface area contributed by atoms with Crippen LogP contribution in [0.3, 0.4) is 0 Å². The standard InChI is InChI=1S/C24H21N5O3/c1-14(2)21-22(19-13-18(29(30)31)10-11-20(19)32-3)27-24(25)28-23(21)26-17-9-8-15-6-4-5-7-16(15)12-17/h4-13H,1H2,2-3H3,(H3,25,26,27,28). The van der Waals surface area contributed by atoms with Gasteiger partial charge in [0.1, 0.15) is 11.6 Å². The van der Waals surface area contributed by atoms with Gasteiger partial charge in [-0.05, 0) is 41.5 Å². The third-order valence-corrected chi connectivity index (χ3v) is 5.01. The van der Waals surface area contributed by atoms with E-state index in [1.165, 1.54) is 25.3 Å². The Labute approximate surface area is 184 Å². The molecule has 8 nitrogen and oxygen atoms in total. The predicted molar refractivity (Wildman–Crippen MR) is 127 cm³/mol. The fourth-order valence-electron chi connectivity index (χ4n) is 3.57. The van der Waals surface area contributed by atoms with E-state index in [2.05, 4.69) is 21.9 Å². The van der Waals surface area contributed by atoms with Crippen LogP contribution in [0.15, 0.2) is 67.2 Å². The number of allylic oxidation sites excluding steroid dienone is 1. The number of non-ortho nitro benzene ring substituents is 1. The molecule has 0 amide bonds. The molecule has 3 aromatic carbocycles. The van der Waals surface area contributed by atoms with Crippen LogP contribution in [0.4, 0.5) is 23.1 Å². The van der Waals surface area contributed by atoms with Gasteiger partial charge in [-0.3, -0.25) is 10.1 Å². The molecule has 4 aromatic rings. The van der Waals surface area contributed by atoms with Crippen LogP contribution in [0.25, 0.3) is 27.6 Å². The molecule has 0 unspecified atom stereocenters. The largest absolute Gasteiger partial charge is 0.496 e. The number of nitro groups is 1. The quantitative estimate of drug-likeness (QED) is 0.305. The monoisotopic (exact) mass is 427 g/mol. The third-order valence-electron chi connectivity index (χ3n) is 5.01. The molecule has 8 heteroatoms. The van der Waals surface area contributed by atoms with Gasteiger partial charge in [0.2, 0.25) is 5.95 Å². The number of benzene rings is 3. The van der Waals surface area contributed by atoms with Crippen LogP contribution in [-0.2, 0) is 0 Å². The van der Waals surface area contributed by atoms with Gasteiger partial charge in [0.25, 0.3) is 5.69 Å². The summed E-state index contributed by atoms with van der Waals surface area (Å²) in [4.78, 5) is 19.7. The van der Waals surface area contributed by atoms with Crippen LogP contribution in [0.5, 0.6) is 5.75 Å². The molecule has 0 aliphatic heterocycles. The average molecular weight is 427 g/mol. The van der Waals surface area contributed by atoms with Crippen LogP contribution in [-0.4, -0.2) is 22.0 Å². The molecule has 0 saturated heterocycles. The second-order valence-electron chi connectivity index (χ2n) is 7.26. The van der Waals surface area contributed by atoms with Crippen molar-refractivity contribution in [2.75, 3.05) is 18.2 Å². The molecule has 4 rings (SSSR count). The van der Waals surface area contributed by atoms with E-state index in [9.17, 15) is 10.1 Å². The summed E-state index contributed by atoms with van der Waals surface area (Å²) in [6, 6.07) is 18.3. The van der Waals surface area contributed by atoms with E-state index < -0.39 is 4.92 Å². The first kappa shape index (κ1) is 20.8. The Balaban J connectivity index is 1.90. The molecule has 160 valence electrons. The van der Waals surface area contributed by atoms with Crippen molar-refractivity contribution in [1.82, 2.24) is 9.97 Å². The van der Waals surface area contributed by atoms with E-state index in [4.69, 9.17) is 10.5 Å². The second-order valence-corrected chi connectivity index (χ2v) is 7.26. The molecule has 0 radical (unpaired) electrons. The highest BCUT2D eigenvalue weighted by Gasteiger charge is 2.21. The van der Waals surface area contributed by atoms with Gasteiger partial charge in [-0.1, -0.05) is 36.9 Å². The summed E-state index contributed by atoms with van der Waals surface area (Å²) < 4.78 is 5.44. The zero-order valence-electron chi connectivity index (χ0n) is 17.6. The van der Waals surface area contributed by atoms with Gasteiger partial charge in [0.15, 0.2) is 0 Å². The minimum Gasteiger partial charge on any atom is -0.496 e. The van der Waals surface area contributed by atoms with Gasteiger partial charge >= 0.3 is 0 Å². The number of nitrogens with two attached hydrogens (primary N) is 1. The zero-order valence-corrected chi connectivity index (χ0v) is 17.6. The first-order valence-electron chi connectivity index (χ1n) is 9.79. The fourth-order valence-corrected chi connectivity index (χ4v) is 3.57. The predicted octanol–water partition coefficient (Wildman–Crippen LogP) is 5.57. The molecule has 32 heavy (non-hydrogen) atoms. The molecule has 0 bridgehead atoms. The van der Waals surface area contributed by atoms with E-state index in [0.29, 0.717) is 34.0 Å². The van der Waals surface area contributed by atoms with E-state index in [-0.39, 0.29) is 11.6 Å². The van der Waals surface area contributed by atoms with Crippen molar-refractivity contribution in [3.63, 3.8) is 0 Å². The van der Waals surface area contributed by atoms with Crippen molar-refractivity contribution in [2.45, 2.75) is 6.92 Å². The van der Waals surface area contributed by atoms with Crippen molar-refractivity contribution >= 4 is 39.5 Å². The van der Waals surface area contributed by atoms with Gasteiger partial charge in [-0.15, -0.1) is 0 Å². The Morgan fingerprint density at radius 3 is 2.53 bits per heavy atom. The van der Waals surface area contributed by atoms with E-state index in [1.54, 1.807) is 0 Å². The Hall–Kier alpha value is -4.46. The maximum Gasteiger partial charge on any atom is 0.270 e. The Morgan fingerprint density at radius 2 is 1.84 bits per heavy atom. The number of ether oxygens (including phenoxy) is 1. The Morgan fingerprint density at radius 1 is 1.09 bits per heavy atom. The van der Waals surface area contributed by atoms with Gasteiger partial charge in [0, 0.05) is 28.9 Å². The fraction of sp³-hybridized carbons (Fsp3) is 0.0833. The van der Waals surface area contributed by atoms with Crippen LogP contribution >= 0.6 is 0 Å². The molecular formula is C24H21N5O3. The summed E-state index contributed by atoms with van der Waals surface area (Å²) in [5.41, 5.74) is 8.83. The smallest absolute Gasteiger partial charge is 0.270 e. The lowest BCUT2D eigenvalue weighted by Crippen LogP contribution is -2.07. The SMILES string of the molecule is C=C(C)c1c(Nc2ccc3ccccc3c2)nc(N)nc1-c1cc([N+](=O)[O-])ccc1OC. The second kappa shape index (κ2) is 8.35. The number of nitrogens with one attached hydrogen (secondary N) is 1. The van der Waals surface area contributed by atoms with Crippen LogP contribution < -0.4 is 15.8 Å². The summed E-state index contributed by atoms with van der Waals surface area (Å²) in [7, 11) is 1.49. The average Bonchev–Trinajstić information content (AvgIpc) is 2.77. The Kier molecular flexibility index (Phi) is 5.43. The summed E-state index contributed by atoms with van der Waals surface area (Å²) in [5, 5.41) is 16.8. The van der Waals surface area contributed by atoms with Crippen LogP contribution in [0.1, 0.15) is 12.5 Å². The molecule has 1 heterocycles. The number of aromatic nitrogens is 2. The van der Waals surface area contributed by atoms with Gasteiger partial charge in [-0.2, -0.15) is 4.98 Å². The lowest BCUT2D eigenvalue weighted by molar-refractivity contribution is -0.384. The molecule has 0 aliphatic carbocycles. The van der Waals surface area contributed by atoms with E-state index >= 15 is 0 Å². The number of fused-ring (bicyclic) bond motifs is 1. The number of anilines is 3. The number of methoxy groups -OCH3 is 1. The molecule has 0 aliphatic rings. The highest BCUT2D eigenvalue weighted by atomic mass is 16.6. The summed E-state index contributed by atoms with van der Waals surface area (Å²) in [5.74, 6) is 0.888. The summed E-state index contributed by atoms with van der Waals surface area (Å²) in [6.45, 7) is 5.88. The molecule has 0 saturated carbocycles. The number of nitro benzene ring substituents is 1. The number of nitrogen functional groups attached to an aromatic ring is 1. The van der Waals surface area contributed by atoms with Gasteiger partial charge in [-0.25, -0.2) is 4.98 Å². The van der Waals surface area contributed by atoms with Crippen molar-refractivity contribution in [1.29, 1.82) is 0 Å². The van der Waals surface area contributed by atoms with Crippen LogP contribution in [0, 0.1) is 10.1 Å². The molecule has 3 N–H and O–H groups in total. The maximum atomic E-state index is 11.4. The summed E-state index contributed by atoms with van der Waals surface area (Å²) >= 11 is 0. The normalized spacial score (nSPS) is 10.7.